The van der Waals surface area contributed by atoms with Gasteiger partial charge in [0.05, 0.1) is 12.8 Å². The molecule has 1 saturated heterocycles. The van der Waals surface area contributed by atoms with E-state index >= 15 is 0 Å². The van der Waals surface area contributed by atoms with Crippen LogP contribution in [0, 0.1) is 0 Å². The molecule has 0 spiro atoms. The second-order valence-corrected chi connectivity index (χ2v) is 5.83. The molecule has 6 nitrogen and oxygen atoms in total. The molecule has 0 radical (unpaired) electrons. The number of rotatable bonds is 4. The van der Waals surface area contributed by atoms with Crippen molar-refractivity contribution in [2.75, 3.05) is 25.9 Å². The Hall–Kier alpha value is -2.76. The first kappa shape index (κ1) is 16.1. The van der Waals surface area contributed by atoms with Crippen molar-refractivity contribution in [3.63, 3.8) is 0 Å². The highest BCUT2D eigenvalue weighted by molar-refractivity contribution is 5.92. The molecular weight excluding hydrogens is 306 g/mol. The monoisotopic (exact) mass is 327 g/mol. The van der Waals surface area contributed by atoms with Crippen LogP contribution in [0.1, 0.15) is 30.0 Å². The van der Waals surface area contributed by atoms with Gasteiger partial charge in [0.2, 0.25) is 11.8 Å². The van der Waals surface area contributed by atoms with Crippen molar-refractivity contribution in [1.82, 2.24) is 10.1 Å². The molecule has 3 rings (SSSR count). The summed E-state index contributed by atoms with van der Waals surface area (Å²) in [5, 5.41) is 3.97. The van der Waals surface area contributed by atoms with Crippen LogP contribution in [0.3, 0.4) is 0 Å². The number of carbonyl (C=O) groups excluding carboxylic acids is 1. The van der Waals surface area contributed by atoms with Crippen molar-refractivity contribution >= 4 is 17.9 Å². The number of hydrogen-bond donors (Lipinski definition) is 1. The maximum Gasteiger partial charge on any atom is 0.246 e. The number of methoxy groups -OCH3 is 1. The first-order chi connectivity index (χ1) is 11.7. The van der Waals surface area contributed by atoms with Crippen molar-refractivity contribution in [1.29, 1.82) is 0 Å². The average molecular weight is 327 g/mol. The summed E-state index contributed by atoms with van der Waals surface area (Å²) in [5.74, 6) is 1.40. The maximum absolute atomic E-state index is 12.4. The summed E-state index contributed by atoms with van der Waals surface area (Å²) in [6.45, 7) is 1.40. The second kappa shape index (κ2) is 7.21. The van der Waals surface area contributed by atoms with Crippen LogP contribution < -0.4 is 10.5 Å². The first-order valence-electron chi connectivity index (χ1n) is 7.99. The van der Waals surface area contributed by atoms with Gasteiger partial charge in [-0.3, -0.25) is 4.79 Å². The number of amides is 1. The molecule has 2 heterocycles. The smallest absolute Gasteiger partial charge is 0.246 e. The molecule has 1 aromatic heterocycles. The SMILES string of the molecule is COc1ccccc1/C=C/C(=O)N1CCC(c2cc(N)on2)CC1. The van der Waals surface area contributed by atoms with Gasteiger partial charge in [-0.15, -0.1) is 0 Å². The van der Waals surface area contributed by atoms with Crippen LogP contribution in [-0.4, -0.2) is 36.2 Å². The van der Waals surface area contributed by atoms with E-state index in [0.29, 0.717) is 24.9 Å². The van der Waals surface area contributed by atoms with Gasteiger partial charge in [0.25, 0.3) is 0 Å². The number of ether oxygens (including phenoxy) is 1. The Morgan fingerprint density at radius 3 is 2.79 bits per heavy atom. The van der Waals surface area contributed by atoms with Crippen LogP contribution in [0.15, 0.2) is 40.9 Å². The Balaban J connectivity index is 1.58. The number of carbonyl (C=O) groups is 1. The van der Waals surface area contributed by atoms with Gasteiger partial charge < -0.3 is 19.9 Å². The number of nitrogens with two attached hydrogens (primary N) is 1. The molecule has 1 aliphatic rings. The molecular formula is C18H21N3O3. The first-order valence-corrected chi connectivity index (χ1v) is 7.99. The zero-order valence-electron chi connectivity index (χ0n) is 13.6. The Morgan fingerprint density at radius 1 is 1.38 bits per heavy atom. The summed E-state index contributed by atoms with van der Waals surface area (Å²) in [4.78, 5) is 14.2. The molecule has 6 heteroatoms. The number of piperidine rings is 1. The largest absolute Gasteiger partial charge is 0.496 e. The van der Waals surface area contributed by atoms with E-state index in [1.54, 1.807) is 25.3 Å². The molecule has 2 N–H and O–H groups in total. The Bertz CT molecular complexity index is 731. The van der Waals surface area contributed by atoms with E-state index in [2.05, 4.69) is 5.16 Å². The third-order valence-electron chi connectivity index (χ3n) is 4.32. The Labute approximate surface area is 140 Å². The highest BCUT2D eigenvalue weighted by Gasteiger charge is 2.24. The molecule has 0 bridgehead atoms. The average Bonchev–Trinajstić information content (AvgIpc) is 3.06. The fourth-order valence-corrected chi connectivity index (χ4v) is 2.96. The molecule has 0 unspecified atom stereocenters. The summed E-state index contributed by atoms with van der Waals surface area (Å²) in [6.07, 6.45) is 5.12. The molecule has 24 heavy (non-hydrogen) atoms. The molecule has 0 aliphatic carbocycles. The van der Waals surface area contributed by atoms with E-state index < -0.39 is 0 Å². The number of anilines is 1. The van der Waals surface area contributed by atoms with Gasteiger partial charge in [-0.1, -0.05) is 23.4 Å². The minimum absolute atomic E-state index is 0.0130. The van der Waals surface area contributed by atoms with Crippen molar-refractivity contribution in [2.45, 2.75) is 18.8 Å². The number of nitrogen functional groups attached to an aromatic ring is 1. The van der Waals surface area contributed by atoms with Gasteiger partial charge in [0.15, 0.2) is 0 Å². The van der Waals surface area contributed by atoms with Crippen LogP contribution in [-0.2, 0) is 4.79 Å². The molecule has 126 valence electrons. The standard InChI is InChI=1S/C18H21N3O3/c1-23-16-5-3-2-4-14(16)6-7-18(22)21-10-8-13(9-11-21)15-12-17(19)24-20-15/h2-7,12-13H,8-11,19H2,1H3/b7-6+. The van der Waals surface area contributed by atoms with Gasteiger partial charge in [-0.05, 0) is 25.0 Å². The number of benzene rings is 1. The number of para-hydroxylation sites is 1. The molecule has 1 aliphatic heterocycles. The minimum atomic E-state index is 0.0130. The summed E-state index contributed by atoms with van der Waals surface area (Å²) < 4.78 is 10.2. The van der Waals surface area contributed by atoms with Gasteiger partial charge >= 0.3 is 0 Å². The van der Waals surface area contributed by atoms with Crippen LogP contribution in [0.25, 0.3) is 6.08 Å². The number of aromatic nitrogens is 1. The maximum atomic E-state index is 12.4. The summed E-state index contributed by atoms with van der Waals surface area (Å²) in [5.41, 5.74) is 7.34. The van der Waals surface area contributed by atoms with E-state index in [1.807, 2.05) is 29.2 Å². The van der Waals surface area contributed by atoms with Crippen LogP contribution in [0.5, 0.6) is 5.75 Å². The van der Waals surface area contributed by atoms with Crippen molar-refractivity contribution in [3.8, 4) is 5.75 Å². The van der Waals surface area contributed by atoms with E-state index in [4.69, 9.17) is 15.0 Å². The molecule has 1 amide bonds. The highest BCUT2D eigenvalue weighted by Crippen LogP contribution is 2.28. The van der Waals surface area contributed by atoms with Crippen LogP contribution in [0.2, 0.25) is 0 Å². The zero-order valence-corrected chi connectivity index (χ0v) is 13.6. The fourth-order valence-electron chi connectivity index (χ4n) is 2.96. The summed E-state index contributed by atoms with van der Waals surface area (Å²) in [6, 6.07) is 9.38. The quantitative estimate of drug-likeness (QED) is 0.873. The summed E-state index contributed by atoms with van der Waals surface area (Å²) >= 11 is 0. The third-order valence-corrected chi connectivity index (χ3v) is 4.32. The molecule has 1 aromatic carbocycles. The van der Waals surface area contributed by atoms with Crippen molar-refractivity contribution < 1.29 is 14.1 Å². The zero-order chi connectivity index (χ0) is 16.9. The van der Waals surface area contributed by atoms with Gasteiger partial charge in [-0.25, -0.2) is 0 Å². The van der Waals surface area contributed by atoms with E-state index in [0.717, 1.165) is 29.8 Å². The topological polar surface area (TPSA) is 81.6 Å². The van der Waals surface area contributed by atoms with Gasteiger partial charge in [0, 0.05) is 36.7 Å². The fraction of sp³-hybridized carbons (Fsp3) is 0.333. The van der Waals surface area contributed by atoms with E-state index in [9.17, 15) is 4.79 Å². The lowest BCUT2D eigenvalue weighted by molar-refractivity contribution is -0.126. The number of hydrogen-bond acceptors (Lipinski definition) is 5. The Kier molecular flexibility index (Phi) is 4.84. The normalized spacial score (nSPS) is 15.8. The van der Waals surface area contributed by atoms with Crippen molar-refractivity contribution in [3.05, 3.63) is 47.7 Å². The van der Waals surface area contributed by atoms with Crippen LogP contribution >= 0.6 is 0 Å². The number of nitrogens with zero attached hydrogens (tertiary/aromatic N) is 2. The van der Waals surface area contributed by atoms with Gasteiger partial charge in [-0.2, -0.15) is 0 Å². The molecule has 1 fully saturated rings. The molecule has 0 atom stereocenters. The predicted octanol–water partition coefficient (Wildman–Crippen LogP) is 2.68. The van der Waals surface area contributed by atoms with E-state index in [1.165, 1.54) is 0 Å². The highest BCUT2D eigenvalue weighted by atomic mass is 16.5. The lowest BCUT2D eigenvalue weighted by atomic mass is 9.93. The second-order valence-electron chi connectivity index (χ2n) is 5.83. The van der Waals surface area contributed by atoms with Crippen LogP contribution in [0.4, 0.5) is 5.88 Å². The number of likely N-dealkylation sites (tertiary alicyclic amines) is 1. The minimum Gasteiger partial charge on any atom is -0.496 e. The van der Waals surface area contributed by atoms with Crippen molar-refractivity contribution in [2.24, 2.45) is 0 Å². The lowest BCUT2D eigenvalue weighted by Gasteiger charge is -2.30. The predicted molar refractivity (Wildman–Crippen MR) is 91.5 cm³/mol. The van der Waals surface area contributed by atoms with Gasteiger partial charge in [0.1, 0.15) is 5.75 Å². The van der Waals surface area contributed by atoms with E-state index in [-0.39, 0.29) is 5.91 Å². The summed E-state index contributed by atoms with van der Waals surface area (Å²) in [7, 11) is 1.62. The third kappa shape index (κ3) is 3.59. The molecule has 0 saturated carbocycles. The Morgan fingerprint density at radius 2 is 2.12 bits per heavy atom. The molecule has 2 aromatic rings. The lowest BCUT2D eigenvalue weighted by Crippen LogP contribution is -2.36.